The van der Waals surface area contributed by atoms with E-state index in [9.17, 15) is 13.2 Å². The number of hydrogen-bond acceptors (Lipinski definition) is 3. The van der Waals surface area contributed by atoms with Gasteiger partial charge in [-0.2, -0.15) is 13.2 Å². The Morgan fingerprint density at radius 2 is 1.69 bits per heavy atom. The molecule has 2 rings (SSSR count). The molecule has 1 aromatic carbocycles. The van der Waals surface area contributed by atoms with E-state index in [1.165, 1.54) is 25.3 Å². The number of halogens is 3. The first-order valence-corrected chi connectivity index (χ1v) is 4.40. The van der Waals surface area contributed by atoms with Crippen LogP contribution in [0.4, 0.5) is 13.2 Å². The molecule has 1 aromatic heterocycles. The Kier molecular flexibility index (Phi) is 2.41. The number of nitrogens with zero attached hydrogens (tertiary/aromatic N) is 2. The maximum Gasteiger partial charge on any atom is 0.435 e. The topological polar surface area (TPSA) is 35.0 Å². The molecule has 0 bridgehead atoms. The van der Waals surface area contributed by atoms with Gasteiger partial charge in [0.15, 0.2) is 5.69 Å². The maximum atomic E-state index is 12.6. The van der Waals surface area contributed by atoms with Crippen molar-refractivity contribution < 1.29 is 17.9 Å². The molecule has 0 saturated heterocycles. The predicted octanol–water partition coefficient (Wildman–Crippen LogP) is 2.66. The van der Waals surface area contributed by atoms with Gasteiger partial charge in [-0.15, -0.1) is 10.2 Å². The maximum absolute atomic E-state index is 12.6. The van der Waals surface area contributed by atoms with Crippen molar-refractivity contribution in [1.82, 2.24) is 10.2 Å². The number of benzene rings is 1. The first-order valence-electron chi connectivity index (χ1n) is 4.40. The minimum atomic E-state index is -4.52. The molecular formula is C10H7F3N2O. The number of ether oxygens (including phenoxy) is 1. The van der Waals surface area contributed by atoms with Crippen LogP contribution in [0.3, 0.4) is 0 Å². The van der Waals surface area contributed by atoms with E-state index in [0.717, 1.165) is 0 Å². The summed E-state index contributed by atoms with van der Waals surface area (Å²) in [6.45, 7) is 0. The van der Waals surface area contributed by atoms with E-state index in [0.29, 0.717) is 5.39 Å². The monoisotopic (exact) mass is 228 g/mol. The number of aromatic nitrogens is 2. The fourth-order valence-electron chi connectivity index (χ4n) is 1.44. The van der Waals surface area contributed by atoms with Crippen LogP contribution in [0.1, 0.15) is 5.69 Å². The zero-order chi connectivity index (χ0) is 11.8. The normalized spacial score (nSPS) is 11.8. The molecule has 0 fully saturated rings. The van der Waals surface area contributed by atoms with Crippen molar-refractivity contribution in [3.63, 3.8) is 0 Å². The van der Waals surface area contributed by atoms with E-state index in [-0.39, 0.29) is 11.3 Å². The summed E-state index contributed by atoms with van der Waals surface area (Å²) in [5, 5.41) is 6.83. The molecule has 0 aliphatic carbocycles. The Morgan fingerprint density at radius 1 is 1.06 bits per heavy atom. The second kappa shape index (κ2) is 3.62. The first kappa shape index (κ1) is 10.7. The van der Waals surface area contributed by atoms with Crippen LogP contribution in [0, 0.1) is 0 Å². The minimum Gasteiger partial charge on any atom is -0.479 e. The molecule has 0 saturated carbocycles. The van der Waals surface area contributed by atoms with E-state index in [4.69, 9.17) is 4.74 Å². The van der Waals surface area contributed by atoms with Crippen molar-refractivity contribution in [2.24, 2.45) is 0 Å². The van der Waals surface area contributed by atoms with Crippen molar-refractivity contribution in [3.05, 3.63) is 30.0 Å². The van der Waals surface area contributed by atoms with Crippen molar-refractivity contribution in [3.8, 4) is 5.88 Å². The Bertz CT molecular complexity index is 525. The van der Waals surface area contributed by atoms with Gasteiger partial charge in [0.25, 0.3) is 0 Å². The Hall–Kier alpha value is -1.85. The van der Waals surface area contributed by atoms with Crippen molar-refractivity contribution in [2.45, 2.75) is 6.18 Å². The van der Waals surface area contributed by atoms with Gasteiger partial charge in [-0.25, -0.2) is 0 Å². The number of hydrogen-bond donors (Lipinski definition) is 0. The van der Waals surface area contributed by atoms with Gasteiger partial charge >= 0.3 is 6.18 Å². The molecule has 84 valence electrons. The van der Waals surface area contributed by atoms with E-state index in [1.54, 1.807) is 6.07 Å². The summed E-state index contributed by atoms with van der Waals surface area (Å²) in [7, 11) is 1.34. The van der Waals surface area contributed by atoms with Crippen LogP contribution < -0.4 is 4.74 Å². The second-order valence-corrected chi connectivity index (χ2v) is 3.10. The lowest BCUT2D eigenvalue weighted by atomic mass is 10.1. The standard InChI is InChI=1S/C10H7F3N2O/c1-16-9-7-5-3-2-4-6(7)8(14-15-9)10(11,12)13/h2-5H,1H3. The van der Waals surface area contributed by atoms with Crippen molar-refractivity contribution in [1.29, 1.82) is 0 Å². The summed E-state index contributed by atoms with van der Waals surface area (Å²) in [5.41, 5.74) is -0.996. The van der Waals surface area contributed by atoms with Gasteiger partial charge in [0.1, 0.15) is 0 Å². The predicted molar refractivity (Wildman–Crippen MR) is 51.1 cm³/mol. The summed E-state index contributed by atoms with van der Waals surface area (Å²) in [6.07, 6.45) is -4.52. The molecule has 16 heavy (non-hydrogen) atoms. The van der Waals surface area contributed by atoms with Crippen LogP contribution >= 0.6 is 0 Å². The molecule has 0 amide bonds. The average Bonchev–Trinajstić information content (AvgIpc) is 2.26. The van der Waals surface area contributed by atoms with Crippen molar-refractivity contribution in [2.75, 3.05) is 7.11 Å². The Balaban J connectivity index is 2.80. The highest BCUT2D eigenvalue weighted by Crippen LogP contribution is 2.34. The minimum absolute atomic E-state index is 0.0122. The number of fused-ring (bicyclic) bond motifs is 1. The molecule has 0 unspecified atom stereocenters. The Morgan fingerprint density at radius 3 is 2.25 bits per heavy atom. The largest absolute Gasteiger partial charge is 0.479 e. The molecule has 0 radical (unpaired) electrons. The van der Waals surface area contributed by atoms with Gasteiger partial charge in [0, 0.05) is 10.8 Å². The lowest BCUT2D eigenvalue weighted by Crippen LogP contribution is -2.10. The van der Waals surface area contributed by atoms with Gasteiger partial charge < -0.3 is 4.74 Å². The molecule has 0 aliphatic rings. The van der Waals surface area contributed by atoms with Crippen molar-refractivity contribution >= 4 is 10.8 Å². The number of rotatable bonds is 1. The fraction of sp³-hybridized carbons (Fsp3) is 0.200. The number of alkyl halides is 3. The lowest BCUT2D eigenvalue weighted by molar-refractivity contribution is -0.140. The number of methoxy groups -OCH3 is 1. The molecule has 0 aliphatic heterocycles. The van der Waals surface area contributed by atoms with Gasteiger partial charge in [0.2, 0.25) is 5.88 Å². The van der Waals surface area contributed by atoms with E-state index in [2.05, 4.69) is 10.2 Å². The van der Waals surface area contributed by atoms with E-state index in [1.807, 2.05) is 0 Å². The third-order valence-corrected chi connectivity index (χ3v) is 2.12. The lowest BCUT2D eigenvalue weighted by Gasteiger charge is -2.09. The third-order valence-electron chi connectivity index (χ3n) is 2.12. The molecule has 0 spiro atoms. The first-order chi connectivity index (χ1) is 7.54. The fourth-order valence-corrected chi connectivity index (χ4v) is 1.44. The zero-order valence-electron chi connectivity index (χ0n) is 8.25. The van der Waals surface area contributed by atoms with Crippen LogP contribution in [0.15, 0.2) is 24.3 Å². The zero-order valence-corrected chi connectivity index (χ0v) is 8.25. The SMILES string of the molecule is COc1nnc(C(F)(F)F)c2ccccc12. The van der Waals surface area contributed by atoms with Crippen LogP contribution in [0.5, 0.6) is 5.88 Å². The summed E-state index contributed by atoms with van der Waals surface area (Å²) < 4.78 is 42.7. The van der Waals surface area contributed by atoms with Crippen LogP contribution in [0.2, 0.25) is 0 Å². The Labute approximate surface area is 88.9 Å². The summed E-state index contributed by atoms with van der Waals surface area (Å²) in [5.74, 6) is 0.0867. The van der Waals surface area contributed by atoms with E-state index >= 15 is 0 Å². The molecule has 1 heterocycles. The smallest absolute Gasteiger partial charge is 0.435 e. The quantitative estimate of drug-likeness (QED) is 0.752. The van der Waals surface area contributed by atoms with Crippen LogP contribution in [-0.2, 0) is 6.18 Å². The van der Waals surface area contributed by atoms with Crippen LogP contribution in [0.25, 0.3) is 10.8 Å². The van der Waals surface area contributed by atoms with Crippen LogP contribution in [-0.4, -0.2) is 17.3 Å². The molecule has 2 aromatic rings. The molecule has 0 N–H and O–H groups in total. The summed E-state index contributed by atoms with van der Waals surface area (Å²) >= 11 is 0. The highest BCUT2D eigenvalue weighted by atomic mass is 19.4. The second-order valence-electron chi connectivity index (χ2n) is 3.10. The summed E-state index contributed by atoms with van der Waals surface area (Å²) in [6, 6.07) is 5.98. The van der Waals surface area contributed by atoms with Gasteiger partial charge in [-0.1, -0.05) is 18.2 Å². The third kappa shape index (κ3) is 1.66. The molecule has 3 nitrogen and oxygen atoms in total. The van der Waals surface area contributed by atoms with Gasteiger partial charge in [0.05, 0.1) is 7.11 Å². The summed E-state index contributed by atoms with van der Waals surface area (Å²) in [4.78, 5) is 0. The average molecular weight is 228 g/mol. The highest BCUT2D eigenvalue weighted by Gasteiger charge is 2.35. The highest BCUT2D eigenvalue weighted by molar-refractivity contribution is 5.88. The molecule has 0 atom stereocenters. The van der Waals surface area contributed by atoms with Gasteiger partial charge in [-0.3, -0.25) is 0 Å². The molecule has 6 heteroatoms. The van der Waals surface area contributed by atoms with E-state index < -0.39 is 11.9 Å². The molecular weight excluding hydrogens is 221 g/mol. The van der Waals surface area contributed by atoms with Gasteiger partial charge in [-0.05, 0) is 6.07 Å².